The Labute approximate surface area is 192 Å². The van der Waals surface area contributed by atoms with Crippen LogP contribution in [-0.4, -0.2) is 47.4 Å². The Kier molecular flexibility index (Phi) is 6.96. The maximum Gasteiger partial charge on any atom is 0.260 e. The third-order valence-electron chi connectivity index (χ3n) is 6.34. The van der Waals surface area contributed by atoms with Crippen LogP contribution in [0, 0.1) is 0 Å². The molecule has 2 aromatic rings. The summed E-state index contributed by atoms with van der Waals surface area (Å²) in [6.07, 6.45) is 5.03. The summed E-state index contributed by atoms with van der Waals surface area (Å²) < 4.78 is 6.99. The Morgan fingerprint density at radius 1 is 1.13 bits per heavy atom. The van der Waals surface area contributed by atoms with Gasteiger partial charge in [-0.25, -0.2) is 0 Å². The summed E-state index contributed by atoms with van der Waals surface area (Å²) >= 11 is 3.45. The smallest absolute Gasteiger partial charge is 0.260 e. The minimum atomic E-state index is 0.0167. The van der Waals surface area contributed by atoms with Crippen LogP contribution < -0.4 is 4.74 Å². The quantitative estimate of drug-likeness (QED) is 0.590. The predicted octanol–water partition coefficient (Wildman–Crippen LogP) is 4.82. The van der Waals surface area contributed by atoms with Crippen molar-refractivity contribution in [3.05, 3.63) is 63.6 Å². The zero-order valence-electron chi connectivity index (χ0n) is 18.0. The van der Waals surface area contributed by atoms with Crippen LogP contribution in [0.2, 0.25) is 0 Å². The van der Waals surface area contributed by atoms with Crippen LogP contribution in [0.4, 0.5) is 0 Å². The summed E-state index contributed by atoms with van der Waals surface area (Å²) in [5.41, 5.74) is 2.70. The molecule has 1 saturated heterocycles. The van der Waals surface area contributed by atoms with E-state index in [4.69, 9.17) is 4.74 Å². The molecule has 2 aliphatic rings. The van der Waals surface area contributed by atoms with Crippen molar-refractivity contribution in [3.63, 3.8) is 0 Å². The number of rotatable bonds is 6. The van der Waals surface area contributed by atoms with Crippen molar-refractivity contribution < 1.29 is 14.3 Å². The van der Waals surface area contributed by atoms with Gasteiger partial charge in [-0.15, -0.1) is 0 Å². The van der Waals surface area contributed by atoms with Crippen molar-refractivity contribution in [2.45, 2.75) is 51.6 Å². The SMILES string of the molecule is CCC1CCCCN1C(=O)COc1cccc2c1CCN(Cc1ccc(Br)cc1)C2=O. The number of carbonyl (C=O) groups is 2. The highest BCUT2D eigenvalue weighted by molar-refractivity contribution is 9.10. The standard InChI is InChI=1S/C25H29BrN2O3/c1-2-20-6-3-4-14-28(20)24(29)17-31-23-8-5-7-22-21(23)13-15-27(25(22)30)16-18-9-11-19(26)12-10-18/h5,7-12,20H,2-4,6,13-17H2,1H3. The number of fused-ring (bicyclic) bond motifs is 1. The number of hydrogen-bond acceptors (Lipinski definition) is 3. The highest BCUT2D eigenvalue weighted by Gasteiger charge is 2.28. The van der Waals surface area contributed by atoms with Crippen molar-refractivity contribution in [3.8, 4) is 5.75 Å². The molecule has 0 spiro atoms. The molecule has 2 amide bonds. The highest BCUT2D eigenvalue weighted by atomic mass is 79.9. The lowest BCUT2D eigenvalue weighted by Gasteiger charge is -2.35. The molecule has 0 saturated carbocycles. The number of piperidine rings is 1. The molecule has 0 aromatic heterocycles. The molecule has 2 aromatic carbocycles. The molecule has 6 heteroatoms. The first kappa shape index (κ1) is 21.9. The predicted molar refractivity (Wildman–Crippen MR) is 124 cm³/mol. The third-order valence-corrected chi connectivity index (χ3v) is 6.87. The van der Waals surface area contributed by atoms with Gasteiger partial charge in [0.2, 0.25) is 0 Å². The van der Waals surface area contributed by atoms with Gasteiger partial charge in [-0.05, 0) is 61.9 Å². The monoisotopic (exact) mass is 484 g/mol. The van der Waals surface area contributed by atoms with Crippen LogP contribution in [0.15, 0.2) is 46.9 Å². The van der Waals surface area contributed by atoms with Gasteiger partial charge in [0.05, 0.1) is 0 Å². The maximum absolute atomic E-state index is 13.1. The van der Waals surface area contributed by atoms with Crippen LogP contribution in [-0.2, 0) is 17.8 Å². The fraction of sp³-hybridized carbons (Fsp3) is 0.440. The van der Waals surface area contributed by atoms with Gasteiger partial charge in [-0.3, -0.25) is 9.59 Å². The molecular formula is C25H29BrN2O3. The summed E-state index contributed by atoms with van der Waals surface area (Å²) in [6.45, 7) is 4.21. The van der Waals surface area contributed by atoms with E-state index >= 15 is 0 Å². The van der Waals surface area contributed by atoms with Crippen molar-refractivity contribution in [1.29, 1.82) is 0 Å². The molecule has 164 valence electrons. The number of likely N-dealkylation sites (tertiary alicyclic amines) is 1. The zero-order valence-corrected chi connectivity index (χ0v) is 19.6. The summed E-state index contributed by atoms with van der Waals surface area (Å²) in [7, 11) is 0. The lowest BCUT2D eigenvalue weighted by atomic mass is 9.97. The Balaban J connectivity index is 1.43. The number of nitrogens with zero attached hydrogens (tertiary/aromatic N) is 2. The molecule has 1 unspecified atom stereocenters. The Hall–Kier alpha value is -2.34. The molecule has 0 radical (unpaired) electrons. The van der Waals surface area contributed by atoms with Gasteiger partial charge in [-0.2, -0.15) is 0 Å². The molecule has 5 nitrogen and oxygen atoms in total. The van der Waals surface area contributed by atoms with Crippen LogP contribution in [0.1, 0.15) is 54.1 Å². The normalized spacial score (nSPS) is 18.6. The topological polar surface area (TPSA) is 49.9 Å². The largest absolute Gasteiger partial charge is 0.483 e. The second-order valence-electron chi connectivity index (χ2n) is 8.32. The number of ether oxygens (including phenoxy) is 1. The van der Waals surface area contributed by atoms with Gasteiger partial charge < -0.3 is 14.5 Å². The highest BCUT2D eigenvalue weighted by Crippen LogP contribution is 2.29. The van der Waals surface area contributed by atoms with E-state index in [1.54, 1.807) is 0 Å². The summed E-state index contributed by atoms with van der Waals surface area (Å²) in [4.78, 5) is 29.7. The molecular weight excluding hydrogens is 456 g/mol. The van der Waals surface area contributed by atoms with E-state index in [0.29, 0.717) is 30.4 Å². The van der Waals surface area contributed by atoms with Gasteiger partial charge in [0, 0.05) is 41.3 Å². The first-order valence-electron chi connectivity index (χ1n) is 11.1. The lowest BCUT2D eigenvalue weighted by molar-refractivity contribution is -0.137. The second-order valence-corrected chi connectivity index (χ2v) is 9.23. The number of amides is 2. The zero-order chi connectivity index (χ0) is 21.8. The molecule has 31 heavy (non-hydrogen) atoms. The van der Waals surface area contributed by atoms with Crippen LogP contribution >= 0.6 is 15.9 Å². The first-order valence-corrected chi connectivity index (χ1v) is 11.9. The van der Waals surface area contributed by atoms with Crippen LogP contribution in [0.25, 0.3) is 0 Å². The molecule has 0 bridgehead atoms. The van der Waals surface area contributed by atoms with E-state index in [1.807, 2.05) is 52.3 Å². The Morgan fingerprint density at radius 2 is 1.94 bits per heavy atom. The van der Waals surface area contributed by atoms with Crippen molar-refractivity contribution in [2.24, 2.45) is 0 Å². The van der Waals surface area contributed by atoms with E-state index < -0.39 is 0 Å². The van der Waals surface area contributed by atoms with Crippen molar-refractivity contribution in [1.82, 2.24) is 9.80 Å². The summed E-state index contributed by atoms with van der Waals surface area (Å²) in [5, 5.41) is 0. The molecule has 2 heterocycles. The molecule has 1 fully saturated rings. The van der Waals surface area contributed by atoms with E-state index in [0.717, 1.165) is 47.8 Å². The second kappa shape index (κ2) is 9.86. The van der Waals surface area contributed by atoms with Crippen LogP contribution in [0.3, 0.4) is 0 Å². The molecule has 4 rings (SSSR count). The van der Waals surface area contributed by atoms with Gasteiger partial charge in [0.25, 0.3) is 11.8 Å². The van der Waals surface area contributed by atoms with Crippen molar-refractivity contribution in [2.75, 3.05) is 19.7 Å². The fourth-order valence-electron chi connectivity index (χ4n) is 4.61. The molecule has 2 aliphatic heterocycles. The summed E-state index contributed by atoms with van der Waals surface area (Å²) in [5.74, 6) is 0.721. The van der Waals surface area contributed by atoms with Gasteiger partial charge >= 0.3 is 0 Å². The number of hydrogen-bond donors (Lipinski definition) is 0. The summed E-state index contributed by atoms with van der Waals surface area (Å²) in [6, 6.07) is 13.9. The van der Waals surface area contributed by atoms with Gasteiger partial charge in [0.15, 0.2) is 6.61 Å². The van der Waals surface area contributed by atoms with E-state index in [2.05, 4.69) is 22.9 Å². The fourth-order valence-corrected chi connectivity index (χ4v) is 4.88. The molecule has 0 aliphatic carbocycles. The van der Waals surface area contributed by atoms with Crippen molar-refractivity contribution >= 4 is 27.7 Å². The maximum atomic E-state index is 13.1. The number of carbonyl (C=O) groups excluding carboxylic acids is 2. The van der Waals surface area contributed by atoms with Crippen LogP contribution in [0.5, 0.6) is 5.75 Å². The van der Waals surface area contributed by atoms with Gasteiger partial charge in [-0.1, -0.05) is 41.1 Å². The first-order chi connectivity index (χ1) is 15.1. The minimum Gasteiger partial charge on any atom is -0.483 e. The van der Waals surface area contributed by atoms with E-state index in [1.165, 1.54) is 6.42 Å². The molecule has 0 N–H and O–H groups in total. The lowest BCUT2D eigenvalue weighted by Crippen LogP contribution is -2.45. The number of halogens is 1. The Morgan fingerprint density at radius 3 is 2.71 bits per heavy atom. The Bertz CT molecular complexity index is 944. The average molecular weight is 485 g/mol. The van der Waals surface area contributed by atoms with E-state index in [-0.39, 0.29) is 18.4 Å². The number of benzene rings is 2. The third kappa shape index (κ3) is 4.95. The molecule has 1 atom stereocenters. The van der Waals surface area contributed by atoms with E-state index in [9.17, 15) is 9.59 Å². The average Bonchev–Trinajstić information content (AvgIpc) is 2.80. The minimum absolute atomic E-state index is 0.0167. The van der Waals surface area contributed by atoms with Gasteiger partial charge in [0.1, 0.15) is 5.75 Å².